The lowest BCUT2D eigenvalue weighted by atomic mass is 10.2. The zero-order chi connectivity index (χ0) is 11.5. The van der Waals surface area contributed by atoms with Crippen molar-refractivity contribution in [2.75, 3.05) is 0 Å². The van der Waals surface area contributed by atoms with E-state index in [0.717, 1.165) is 0 Å². The number of primary amides is 1. The van der Waals surface area contributed by atoms with Crippen molar-refractivity contribution in [3.05, 3.63) is 29.8 Å². The topological polar surface area (TPSA) is 109 Å². The van der Waals surface area contributed by atoms with Crippen LogP contribution in [0.5, 0.6) is 0 Å². The first-order valence-corrected chi connectivity index (χ1v) is 5.46. The highest BCUT2D eigenvalue weighted by Crippen LogP contribution is 2.14. The zero-order valence-corrected chi connectivity index (χ0v) is 8.49. The number of benzene rings is 1. The monoisotopic (exact) mass is 230 g/mol. The average Bonchev–Trinajstić information content (AvgIpc) is 2.16. The van der Waals surface area contributed by atoms with Crippen molar-refractivity contribution in [2.24, 2.45) is 5.73 Å². The standard InChI is InChI=1S/C8H10N2O4S/c9-8(12)10-15(13,14)7-4-2-1-3-6(7)5-11/h1-4,11H,5H2,(H3,9,10,12). The van der Waals surface area contributed by atoms with Crippen LogP contribution in [0.15, 0.2) is 29.2 Å². The Kier molecular flexibility index (Phi) is 3.28. The van der Waals surface area contributed by atoms with Crippen molar-refractivity contribution in [2.45, 2.75) is 11.5 Å². The number of carbonyl (C=O) groups excluding carboxylic acids is 1. The molecule has 0 saturated heterocycles. The Balaban J connectivity index is 3.20. The lowest BCUT2D eigenvalue weighted by Gasteiger charge is -2.07. The Bertz CT molecular complexity index is 469. The number of carbonyl (C=O) groups is 1. The number of aliphatic hydroxyl groups excluding tert-OH is 1. The molecule has 0 aliphatic rings. The van der Waals surface area contributed by atoms with Gasteiger partial charge in [0.1, 0.15) is 0 Å². The first-order chi connectivity index (χ1) is 6.97. The van der Waals surface area contributed by atoms with Crippen LogP contribution in [0.4, 0.5) is 4.79 Å². The molecule has 2 amide bonds. The summed E-state index contributed by atoms with van der Waals surface area (Å²) < 4.78 is 24.6. The third kappa shape index (κ3) is 2.67. The van der Waals surface area contributed by atoms with Crippen LogP contribution in [0.3, 0.4) is 0 Å². The van der Waals surface area contributed by atoms with E-state index in [2.05, 4.69) is 0 Å². The molecule has 1 rings (SSSR count). The molecule has 0 bridgehead atoms. The molecule has 82 valence electrons. The third-order valence-corrected chi connectivity index (χ3v) is 3.11. The number of sulfonamides is 1. The molecule has 0 unspecified atom stereocenters. The molecule has 0 fully saturated rings. The van der Waals surface area contributed by atoms with Gasteiger partial charge < -0.3 is 10.8 Å². The predicted octanol–water partition coefficient (Wildman–Crippen LogP) is -0.464. The van der Waals surface area contributed by atoms with Crippen molar-refractivity contribution < 1.29 is 18.3 Å². The summed E-state index contributed by atoms with van der Waals surface area (Å²) in [6.45, 7) is -0.435. The molecule has 0 atom stereocenters. The molecular formula is C8H10N2O4S. The van der Waals surface area contributed by atoms with E-state index in [1.165, 1.54) is 18.2 Å². The summed E-state index contributed by atoms with van der Waals surface area (Å²) >= 11 is 0. The van der Waals surface area contributed by atoms with E-state index in [0.29, 0.717) is 0 Å². The predicted molar refractivity (Wildman–Crippen MR) is 52.3 cm³/mol. The summed E-state index contributed by atoms with van der Waals surface area (Å²) in [5.74, 6) is 0. The fourth-order valence-corrected chi connectivity index (χ4v) is 2.19. The van der Waals surface area contributed by atoms with Gasteiger partial charge in [-0.1, -0.05) is 18.2 Å². The Morgan fingerprint density at radius 1 is 1.40 bits per heavy atom. The van der Waals surface area contributed by atoms with Gasteiger partial charge in [-0.3, -0.25) is 0 Å². The average molecular weight is 230 g/mol. The summed E-state index contributed by atoms with van der Waals surface area (Å²) in [5.41, 5.74) is 4.92. The van der Waals surface area contributed by atoms with Gasteiger partial charge in [-0.2, -0.15) is 0 Å². The number of nitrogens with two attached hydrogens (primary N) is 1. The van der Waals surface area contributed by atoms with Crippen LogP contribution in [0.25, 0.3) is 0 Å². The first-order valence-electron chi connectivity index (χ1n) is 3.98. The second-order valence-corrected chi connectivity index (χ2v) is 4.39. The summed E-state index contributed by atoms with van der Waals surface area (Å²) in [7, 11) is -3.99. The molecule has 0 saturated carbocycles. The van der Waals surface area contributed by atoms with Crippen molar-refractivity contribution in [3.63, 3.8) is 0 Å². The van der Waals surface area contributed by atoms with Gasteiger partial charge in [0, 0.05) is 0 Å². The SMILES string of the molecule is NC(=O)NS(=O)(=O)c1ccccc1CO. The molecule has 15 heavy (non-hydrogen) atoms. The van der Waals surface area contributed by atoms with Crippen molar-refractivity contribution in [1.29, 1.82) is 0 Å². The quantitative estimate of drug-likeness (QED) is 0.652. The highest BCUT2D eigenvalue weighted by Gasteiger charge is 2.18. The highest BCUT2D eigenvalue weighted by molar-refractivity contribution is 7.90. The number of hydrogen-bond donors (Lipinski definition) is 3. The fourth-order valence-electron chi connectivity index (χ4n) is 1.08. The van der Waals surface area contributed by atoms with E-state index in [4.69, 9.17) is 10.8 Å². The van der Waals surface area contributed by atoms with E-state index < -0.39 is 22.7 Å². The van der Waals surface area contributed by atoms with E-state index in [1.54, 1.807) is 10.8 Å². The number of urea groups is 1. The Labute approximate surface area is 86.8 Å². The number of aliphatic hydroxyl groups is 1. The van der Waals surface area contributed by atoms with Crippen LogP contribution < -0.4 is 10.5 Å². The van der Waals surface area contributed by atoms with E-state index >= 15 is 0 Å². The van der Waals surface area contributed by atoms with Crippen molar-refractivity contribution in [3.8, 4) is 0 Å². The molecule has 0 spiro atoms. The van der Waals surface area contributed by atoms with Gasteiger partial charge in [0.25, 0.3) is 10.0 Å². The highest BCUT2D eigenvalue weighted by atomic mass is 32.2. The van der Waals surface area contributed by atoms with Crippen LogP contribution in [0, 0.1) is 0 Å². The Morgan fingerprint density at radius 3 is 2.53 bits per heavy atom. The van der Waals surface area contributed by atoms with Gasteiger partial charge in [0.05, 0.1) is 11.5 Å². The summed E-state index contributed by atoms with van der Waals surface area (Å²) in [4.78, 5) is 10.3. The number of nitrogens with one attached hydrogen (secondary N) is 1. The summed E-state index contributed by atoms with van der Waals surface area (Å²) in [6, 6.07) is 4.61. The minimum Gasteiger partial charge on any atom is -0.392 e. The van der Waals surface area contributed by atoms with Crippen LogP contribution >= 0.6 is 0 Å². The van der Waals surface area contributed by atoms with Crippen LogP contribution in [0.2, 0.25) is 0 Å². The molecule has 4 N–H and O–H groups in total. The molecule has 0 aromatic heterocycles. The van der Waals surface area contributed by atoms with Crippen LogP contribution in [0.1, 0.15) is 5.56 Å². The molecule has 0 radical (unpaired) electrons. The maximum absolute atomic E-state index is 11.5. The largest absolute Gasteiger partial charge is 0.392 e. The van der Waals surface area contributed by atoms with Gasteiger partial charge in [-0.05, 0) is 11.6 Å². The van der Waals surface area contributed by atoms with Gasteiger partial charge in [0.2, 0.25) is 0 Å². The minimum atomic E-state index is -3.99. The molecular weight excluding hydrogens is 220 g/mol. The van der Waals surface area contributed by atoms with Gasteiger partial charge >= 0.3 is 6.03 Å². The number of hydrogen-bond acceptors (Lipinski definition) is 4. The lowest BCUT2D eigenvalue weighted by molar-refractivity contribution is 0.253. The summed E-state index contributed by atoms with van der Waals surface area (Å²) in [6.07, 6.45) is 0. The van der Waals surface area contributed by atoms with Crippen molar-refractivity contribution in [1.82, 2.24) is 4.72 Å². The molecule has 1 aromatic carbocycles. The van der Waals surface area contributed by atoms with Crippen LogP contribution in [-0.4, -0.2) is 19.6 Å². The second kappa shape index (κ2) is 4.28. The number of amides is 2. The fraction of sp³-hybridized carbons (Fsp3) is 0.125. The van der Waals surface area contributed by atoms with E-state index in [-0.39, 0.29) is 10.5 Å². The van der Waals surface area contributed by atoms with Gasteiger partial charge in [-0.25, -0.2) is 17.9 Å². The maximum atomic E-state index is 11.5. The first kappa shape index (κ1) is 11.5. The molecule has 0 aliphatic carbocycles. The minimum absolute atomic E-state index is 0.161. The van der Waals surface area contributed by atoms with E-state index in [1.807, 2.05) is 0 Å². The third-order valence-electron chi connectivity index (χ3n) is 1.67. The molecule has 0 aliphatic heterocycles. The molecule has 7 heteroatoms. The van der Waals surface area contributed by atoms with Crippen molar-refractivity contribution >= 4 is 16.1 Å². The maximum Gasteiger partial charge on any atom is 0.326 e. The molecule has 1 aromatic rings. The zero-order valence-electron chi connectivity index (χ0n) is 7.67. The Morgan fingerprint density at radius 2 is 2.00 bits per heavy atom. The smallest absolute Gasteiger partial charge is 0.326 e. The van der Waals surface area contributed by atoms with E-state index in [9.17, 15) is 13.2 Å². The molecule has 0 heterocycles. The van der Waals surface area contributed by atoms with Gasteiger partial charge in [0.15, 0.2) is 0 Å². The summed E-state index contributed by atoms with van der Waals surface area (Å²) in [5, 5.41) is 8.91. The van der Waals surface area contributed by atoms with Gasteiger partial charge in [-0.15, -0.1) is 0 Å². The second-order valence-electron chi connectivity index (χ2n) is 2.74. The van der Waals surface area contributed by atoms with Crippen LogP contribution in [-0.2, 0) is 16.6 Å². The number of rotatable bonds is 3. The molecule has 6 nitrogen and oxygen atoms in total. The normalized spacial score (nSPS) is 11.0. The lowest BCUT2D eigenvalue weighted by Crippen LogP contribution is -2.35. The Hall–Kier alpha value is -1.60.